The molecule has 0 aliphatic rings. The summed E-state index contributed by atoms with van der Waals surface area (Å²) in [6.07, 6.45) is 0. The van der Waals surface area contributed by atoms with E-state index in [1.165, 1.54) is 0 Å². The summed E-state index contributed by atoms with van der Waals surface area (Å²) in [5.74, 6) is -0.875. The van der Waals surface area contributed by atoms with Crippen LogP contribution in [0.1, 0.15) is 38.1 Å². The Kier molecular flexibility index (Phi) is 4.44. The van der Waals surface area contributed by atoms with Crippen LogP contribution in [-0.2, 0) is 5.41 Å². The maximum absolute atomic E-state index is 10.6. The fourth-order valence-electron chi connectivity index (χ4n) is 1.11. The van der Waals surface area contributed by atoms with Gasteiger partial charge < -0.3 is 6.53 Å². The summed E-state index contributed by atoms with van der Waals surface area (Å²) in [6.45, 7) is 6.30. The monoisotopic (exact) mass is 186 g/mol. The number of carboxylic acid groups (broad SMARTS) is 1. The number of carboxylic acids is 1. The van der Waals surface area contributed by atoms with Crippen molar-refractivity contribution in [3.8, 4) is 0 Å². The van der Waals surface area contributed by atoms with Crippen molar-refractivity contribution in [3.63, 3.8) is 0 Å². The van der Waals surface area contributed by atoms with Gasteiger partial charge in [0.2, 0.25) is 0 Å². The maximum atomic E-state index is 10.6. The fraction of sp³-hybridized carbons (Fsp3) is 0.364. The summed E-state index contributed by atoms with van der Waals surface area (Å²) in [7, 11) is 0. The van der Waals surface area contributed by atoms with Crippen LogP contribution in [0.25, 0.3) is 0 Å². The first-order chi connectivity index (χ1) is 5.91. The van der Waals surface area contributed by atoms with Gasteiger partial charge in [-0.1, -0.05) is 32.9 Å². The second kappa shape index (κ2) is 4.68. The molecule has 14 heavy (non-hydrogen) atoms. The van der Waals surface area contributed by atoms with Gasteiger partial charge in [0.1, 0.15) is 0 Å². The molecule has 0 spiro atoms. The van der Waals surface area contributed by atoms with Crippen LogP contribution < -0.4 is 18.9 Å². The average molecular weight is 186 g/mol. The topological polar surface area (TPSA) is 37.3 Å². The van der Waals surface area contributed by atoms with Gasteiger partial charge in [0.15, 0.2) is 0 Å². The van der Waals surface area contributed by atoms with Crippen molar-refractivity contribution in [2.45, 2.75) is 26.2 Å². The molecule has 1 aromatic carbocycles. The third-order valence-corrected chi connectivity index (χ3v) is 2.00. The van der Waals surface area contributed by atoms with E-state index in [-0.39, 0.29) is 25.7 Å². The van der Waals surface area contributed by atoms with Crippen LogP contribution in [0.15, 0.2) is 24.3 Å². The normalized spacial score (nSPS) is 10.5. The van der Waals surface area contributed by atoms with Crippen LogP contribution in [0, 0.1) is 0 Å². The van der Waals surface area contributed by atoms with Crippen LogP contribution >= 0.6 is 0 Å². The molecule has 1 rings (SSSR count). The minimum atomic E-state index is -0.875. The van der Waals surface area contributed by atoms with Gasteiger partial charge in [-0.2, -0.15) is 0 Å². The Labute approximate surface area is 98.0 Å². The van der Waals surface area contributed by atoms with Crippen molar-refractivity contribution in [1.29, 1.82) is 0 Å². The summed E-state index contributed by atoms with van der Waals surface area (Å²) >= 11 is 0. The minimum Gasteiger partial charge on any atom is -1.00 e. The molecular weight excluding hydrogens is 171 g/mol. The van der Waals surface area contributed by atoms with Crippen LogP contribution in [0.5, 0.6) is 0 Å². The first kappa shape index (κ1) is 13.3. The van der Waals surface area contributed by atoms with Crippen LogP contribution in [0.2, 0.25) is 0 Å². The molecule has 0 aromatic heterocycles. The van der Waals surface area contributed by atoms with E-state index in [9.17, 15) is 4.79 Å². The Morgan fingerprint density at radius 1 is 1.21 bits per heavy atom. The van der Waals surface area contributed by atoms with Gasteiger partial charge in [-0.15, -0.1) is 0 Å². The van der Waals surface area contributed by atoms with Crippen molar-refractivity contribution in [2.24, 2.45) is 0 Å². The van der Waals surface area contributed by atoms with E-state index in [0.29, 0.717) is 5.56 Å². The largest absolute Gasteiger partial charge is 1.00 e. The molecule has 0 radical (unpaired) electrons. The Hall–Kier alpha value is -0.713. The molecule has 0 saturated heterocycles. The van der Waals surface area contributed by atoms with Gasteiger partial charge in [0, 0.05) is 0 Å². The molecule has 0 amide bonds. The smallest absolute Gasteiger partial charge is 1.00 e. The molecule has 2 nitrogen and oxygen atoms in total. The molecule has 0 aliphatic carbocycles. The van der Waals surface area contributed by atoms with E-state index in [1.807, 2.05) is 12.1 Å². The van der Waals surface area contributed by atoms with Crippen molar-refractivity contribution in [1.82, 2.24) is 0 Å². The molecule has 0 atom stereocenters. The molecule has 0 heterocycles. The molecule has 0 unspecified atom stereocenters. The molecule has 0 bridgehead atoms. The van der Waals surface area contributed by atoms with Crippen LogP contribution in [0.3, 0.4) is 0 Å². The van der Waals surface area contributed by atoms with Crippen molar-refractivity contribution >= 4 is 5.97 Å². The maximum Gasteiger partial charge on any atom is 1.00 e. The fourth-order valence-corrected chi connectivity index (χ4v) is 1.11. The van der Waals surface area contributed by atoms with Crippen molar-refractivity contribution in [3.05, 3.63) is 35.4 Å². The zero-order valence-electron chi connectivity index (χ0n) is 10.2. The Balaban J connectivity index is 0. The zero-order valence-corrected chi connectivity index (χ0v) is 9.16. The summed E-state index contributed by atoms with van der Waals surface area (Å²) in [5, 5.41) is 8.68. The Morgan fingerprint density at radius 3 is 1.93 bits per heavy atom. The predicted octanol–water partition coefficient (Wildman–Crippen LogP) is -0.201. The SMILES string of the molecule is CC(C)(C)c1ccc(C(=O)O)cc1.[H-].[Li+]. The van der Waals surface area contributed by atoms with Gasteiger partial charge in [-0.25, -0.2) is 4.79 Å². The molecule has 72 valence electrons. The van der Waals surface area contributed by atoms with Gasteiger partial charge in [0.25, 0.3) is 0 Å². The number of aromatic carboxylic acids is 1. The van der Waals surface area contributed by atoms with E-state index in [1.54, 1.807) is 12.1 Å². The molecule has 1 aromatic rings. The minimum absolute atomic E-state index is 0. The average Bonchev–Trinajstić information content (AvgIpc) is 2.03. The second-order valence-corrected chi connectivity index (χ2v) is 4.13. The molecule has 0 aliphatic heterocycles. The number of rotatable bonds is 1. The number of carbonyl (C=O) groups is 1. The Bertz CT molecular complexity index is 314. The first-order valence-corrected chi connectivity index (χ1v) is 4.25. The Morgan fingerprint density at radius 2 is 1.64 bits per heavy atom. The van der Waals surface area contributed by atoms with Crippen LogP contribution in [-0.4, -0.2) is 11.1 Å². The molecule has 0 fully saturated rings. The van der Waals surface area contributed by atoms with Gasteiger partial charge in [-0.3, -0.25) is 0 Å². The van der Waals surface area contributed by atoms with E-state index in [2.05, 4.69) is 20.8 Å². The quantitative estimate of drug-likeness (QED) is 0.617. The zero-order chi connectivity index (χ0) is 10.1. The number of hydrogen-bond acceptors (Lipinski definition) is 1. The molecule has 3 heteroatoms. The summed E-state index contributed by atoms with van der Waals surface area (Å²) in [6, 6.07) is 7.01. The molecular formula is C11H15LiO2. The summed E-state index contributed by atoms with van der Waals surface area (Å²) in [5.41, 5.74) is 1.57. The second-order valence-electron chi connectivity index (χ2n) is 4.13. The number of benzene rings is 1. The van der Waals surface area contributed by atoms with Gasteiger partial charge in [0.05, 0.1) is 5.56 Å². The van der Waals surface area contributed by atoms with E-state index < -0.39 is 5.97 Å². The third-order valence-electron chi connectivity index (χ3n) is 2.00. The van der Waals surface area contributed by atoms with Crippen molar-refractivity contribution in [2.75, 3.05) is 0 Å². The van der Waals surface area contributed by atoms with Gasteiger partial charge in [-0.05, 0) is 23.1 Å². The molecule has 1 N–H and O–H groups in total. The third kappa shape index (κ3) is 3.21. The molecule has 0 saturated carbocycles. The predicted molar refractivity (Wildman–Crippen MR) is 53.2 cm³/mol. The van der Waals surface area contributed by atoms with E-state index in [4.69, 9.17) is 5.11 Å². The summed E-state index contributed by atoms with van der Waals surface area (Å²) < 4.78 is 0. The van der Waals surface area contributed by atoms with E-state index >= 15 is 0 Å². The first-order valence-electron chi connectivity index (χ1n) is 4.25. The number of hydrogen-bond donors (Lipinski definition) is 1. The van der Waals surface area contributed by atoms with Crippen LogP contribution in [0.4, 0.5) is 0 Å². The van der Waals surface area contributed by atoms with Gasteiger partial charge >= 0.3 is 24.8 Å². The van der Waals surface area contributed by atoms with Crippen molar-refractivity contribution < 1.29 is 30.2 Å². The summed E-state index contributed by atoms with van der Waals surface area (Å²) in [4.78, 5) is 10.6. The van der Waals surface area contributed by atoms with E-state index in [0.717, 1.165) is 5.56 Å². The standard InChI is InChI=1S/C11H14O2.Li.H/c1-11(2,3)9-6-4-8(5-7-9)10(12)13;;/h4-7H,1-3H3,(H,12,13);;/q;+1;-1.